The topological polar surface area (TPSA) is 70.7 Å². The molecule has 3 aromatic carbocycles. The summed E-state index contributed by atoms with van der Waals surface area (Å²) >= 11 is 0. The largest absolute Gasteiger partial charge is 0.495 e. The highest BCUT2D eigenvalue weighted by Crippen LogP contribution is 2.48. The molecule has 0 saturated carbocycles. The number of amides is 3. The van der Waals surface area contributed by atoms with Crippen molar-refractivity contribution in [1.29, 1.82) is 0 Å². The summed E-state index contributed by atoms with van der Waals surface area (Å²) in [6.45, 7) is 1.03. The number of nitrogens with one attached hydrogen (secondary N) is 2. The minimum atomic E-state index is -0.597. The molecule has 2 N–H and O–H groups in total. The molecule has 0 radical (unpaired) electrons. The van der Waals surface area contributed by atoms with Crippen molar-refractivity contribution in [3.63, 3.8) is 0 Å². The van der Waals surface area contributed by atoms with E-state index in [-0.39, 0.29) is 11.9 Å². The number of benzene rings is 3. The Balaban J connectivity index is 1.34. The van der Waals surface area contributed by atoms with E-state index in [9.17, 15) is 9.59 Å². The summed E-state index contributed by atoms with van der Waals surface area (Å²) in [5.74, 6) is 0.671. The van der Waals surface area contributed by atoms with Gasteiger partial charge in [-0.15, -0.1) is 0 Å². The van der Waals surface area contributed by atoms with Gasteiger partial charge in [0.25, 0.3) is 0 Å². The molecular weight excluding hydrogens is 378 g/mol. The molecule has 6 nitrogen and oxygen atoms in total. The number of fused-ring (bicyclic) bond motifs is 3. The first-order valence-corrected chi connectivity index (χ1v) is 10.1. The first-order valence-electron chi connectivity index (χ1n) is 10.1. The number of methoxy groups -OCH3 is 1. The van der Waals surface area contributed by atoms with E-state index in [4.69, 9.17) is 4.74 Å². The summed E-state index contributed by atoms with van der Waals surface area (Å²) in [6.07, 6.45) is 1.17. The van der Waals surface area contributed by atoms with Gasteiger partial charge >= 0.3 is 6.03 Å². The molecule has 152 valence electrons. The zero-order chi connectivity index (χ0) is 20.7. The van der Waals surface area contributed by atoms with Gasteiger partial charge in [0, 0.05) is 18.5 Å². The van der Waals surface area contributed by atoms with Crippen molar-refractivity contribution in [2.45, 2.75) is 18.3 Å². The lowest BCUT2D eigenvalue weighted by atomic mass is 9.73. The summed E-state index contributed by atoms with van der Waals surface area (Å²) in [5, 5.41) is 8.14. The minimum absolute atomic E-state index is 0.00360. The molecule has 30 heavy (non-hydrogen) atoms. The van der Waals surface area contributed by atoms with Crippen molar-refractivity contribution in [3.8, 4) is 5.75 Å². The van der Waals surface area contributed by atoms with Gasteiger partial charge in [0.1, 0.15) is 5.75 Å². The fourth-order valence-corrected chi connectivity index (χ4v) is 4.70. The highest BCUT2D eigenvalue weighted by Gasteiger charge is 2.49. The summed E-state index contributed by atoms with van der Waals surface area (Å²) in [5.41, 5.74) is 1.94. The number of para-hydroxylation sites is 1. The summed E-state index contributed by atoms with van der Waals surface area (Å²) in [7, 11) is 1.60. The van der Waals surface area contributed by atoms with Gasteiger partial charge in [-0.1, -0.05) is 48.5 Å². The molecule has 3 amide bonds. The monoisotopic (exact) mass is 401 g/mol. The van der Waals surface area contributed by atoms with Crippen molar-refractivity contribution < 1.29 is 14.3 Å². The van der Waals surface area contributed by atoms with Crippen LogP contribution in [0.15, 0.2) is 60.7 Å². The Morgan fingerprint density at radius 3 is 2.57 bits per heavy atom. The number of likely N-dealkylation sites (tertiary alicyclic amines) is 1. The Bertz CT molecular complexity index is 1140. The summed E-state index contributed by atoms with van der Waals surface area (Å²) < 4.78 is 5.41. The number of rotatable bonds is 2. The lowest BCUT2D eigenvalue weighted by Gasteiger charge is -2.38. The van der Waals surface area contributed by atoms with Crippen LogP contribution in [-0.2, 0) is 10.2 Å². The van der Waals surface area contributed by atoms with Gasteiger partial charge in [-0.25, -0.2) is 4.79 Å². The first kappa shape index (κ1) is 18.5. The van der Waals surface area contributed by atoms with Crippen molar-refractivity contribution in [3.05, 3.63) is 66.2 Å². The number of carbonyl (C=O) groups is 2. The minimum Gasteiger partial charge on any atom is -0.495 e. The Morgan fingerprint density at radius 2 is 1.77 bits per heavy atom. The molecule has 0 aromatic heterocycles. The second-order valence-corrected chi connectivity index (χ2v) is 7.86. The standard InChI is InChI=1S/C24H23N3O3/c1-30-20-11-5-9-18-21(20)26-22(28)24(18)12-14-27(15-13-24)23(29)25-19-10-4-7-16-6-2-3-8-17(16)19/h2-11H,12-15H2,1H3,(H,25,29)(H,26,28). The van der Waals surface area contributed by atoms with E-state index < -0.39 is 5.41 Å². The predicted molar refractivity (Wildman–Crippen MR) is 117 cm³/mol. The molecule has 1 saturated heterocycles. The molecule has 6 heteroatoms. The number of anilines is 2. The van der Waals surface area contributed by atoms with Crippen LogP contribution < -0.4 is 15.4 Å². The van der Waals surface area contributed by atoms with Crippen LogP contribution in [0.2, 0.25) is 0 Å². The number of nitrogens with zero attached hydrogens (tertiary/aromatic N) is 1. The Labute approximate surface area is 174 Å². The van der Waals surface area contributed by atoms with E-state index in [2.05, 4.69) is 10.6 Å². The van der Waals surface area contributed by atoms with Crippen molar-refractivity contribution in [1.82, 2.24) is 4.90 Å². The highest BCUT2D eigenvalue weighted by molar-refractivity contribution is 6.08. The lowest BCUT2D eigenvalue weighted by Crippen LogP contribution is -2.49. The molecule has 1 fully saturated rings. The first-order chi connectivity index (χ1) is 14.6. The molecule has 1 spiro atoms. The third-order valence-corrected chi connectivity index (χ3v) is 6.37. The van der Waals surface area contributed by atoms with Crippen LogP contribution in [0.4, 0.5) is 16.2 Å². The summed E-state index contributed by atoms with van der Waals surface area (Å²) in [4.78, 5) is 27.6. The van der Waals surface area contributed by atoms with Gasteiger partial charge < -0.3 is 20.3 Å². The molecule has 0 unspecified atom stereocenters. The van der Waals surface area contributed by atoms with Crippen molar-refractivity contribution >= 4 is 34.1 Å². The number of piperidine rings is 1. The van der Waals surface area contributed by atoms with Gasteiger partial charge in [-0.3, -0.25) is 4.79 Å². The van der Waals surface area contributed by atoms with E-state index in [0.29, 0.717) is 31.7 Å². The average Bonchev–Trinajstić information content (AvgIpc) is 3.05. The van der Waals surface area contributed by atoms with Gasteiger partial charge in [0.05, 0.1) is 23.9 Å². The third-order valence-electron chi connectivity index (χ3n) is 6.37. The molecule has 5 rings (SSSR count). The smallest absolute Gasteiger partial charge is 0.321 e. The number of ether oxygens (including phenoxy) is 1. The lowest BCUT2D eigenvalue weighted by molar-refractivity contribution is -0.122. The fraction of sp³-hybridized carbons (Fsp3) is 0.250. The zero-order valence-corrected chi connectivity index (χ0v) is 16.8. The molecule has 0 bridgehead atoms. The van der Waals surface area contributed by atoms with Crippen LogP contribution in [0.1, 0.15) is 18.4 Å². The molecule has 3 aromatic rings. The van der Waals surface area contributed by atoms with Gasteiger partial charge in [-0.2, -0.15) is 0 Å². The maximum atomic E-state index is 12.9. The quantitative estimate of drug-likeness (QED) is 0.670. The van der Waals surface area contributed by atoms with E-state index in [1.54, 1.807) is 12.0 Å². The number of urea groups is 1. The van der Waals surface area contributed by atoms with Crippen LogP contribution in [0.3, 0.4) is 0 Å². The number of hydrogen-bond donors (Lipinski definition) is 2. The predicted octanol–water partition coefficient (Wildman–Crippen LogP) is 4.37. The summed E-state index contributed by atoms with van der Waals surface area (Å²) in [6, 6.07) is 19.5. The fourth-order valence-electron chi connectivity index (χ4n) is 4.70. The second kappa shape index (κ2) is 7.06. The van der Waals surface area contributed by atoms with Gasteiger partial charge in [-0.05, 0) is 35.9 Å². The SMILES string of the molecule is COc1cccc2c1NC(=O)C21CCN(C(=O)Nc2cccc3ccccc23)CC1. The van der Waals surface area contributed by atoms with Gasteiger partial charge in [0.2, 0.25) is 5.91 Å². The number of hydrogen-bond acceptors (Lipinski definition) is 3. The molecule has 2 heterocycles. The van der Waals surface area contributed by atoms with Crippen LogP contribution in [0.5, 0.6) is 5.75 Å². The normalized spacial score (nSPS) is 17.0. The Morgan fingerprint density at radius 1 is 1.03 bits per heavy atom. The molecule has 0 aliphatic carbocycles. The van der Waals surface area contributed by atoms with Crippen LogP contribution >= 0.6 is 0 Å². The van der Waals surface area contributed by atoms with E-state index in [1.807, 2.05) is 60.7 Å². The maximum Gasteiger partial charge on any atom is 0.321 e. The zero-order valence-electron chi connectivity index (χ0n) is 16.8. The Kier molecular flexibility index (Phi) is 4.35. The average molecular weight is 401 g/mol. The van der Waals surface area contributed by atoms with Gasteiger partial charge in [0.15, 0.2) is 0 Å². The highest BCUT2D eigenvalue weighted by atomic mass is 16.5. The molecule has 2 aliphatic heterocycles. The molecular formula is C24H23N3O3. The van der Waals surface area contributed by atoms with Crippen molar-refractivity contribution in [2.24, 2.45) is 0 Å². The molecule has 0 atom stereocenters. The van der Waals surface area contributed by atoms with E-state index in [1.165, 1.54) is 0 Å². The maximum absolute atomic E-state index is 12.9. The second-order valence-electron chi connectivity index (χ2n) is 7.86. The van der Waals surface area contributed by atoms with Crippen LogP contribution in [0.25, 0.3) is 10.8 Å². The van der Waals surface area contributed by atoms with Crippen LogP contribution in [-0.4, -0.2) is 37.0 Å². The Hall–Kier alpha value is -3.54. The molecule has 2 aliphatic rings. The third kappa shape index (κ3) is 2.79. The van der Waals surface area contributed by atoms with E-state index >= 15 is 0 Å². The van der Waals surface area contributed by atoms with Crippen molar-refractivity contribution in [2.75, 3.05) is 30.8 Å². The van der Waals surface area contributed by atoms with E-state index in [0.717, 1.165) is 27.7 Å². The van der Waals surface area contributed by atoms with Crippen LogP contribution in [0, 0.1) is 0 Å². The number of carbonyl (C=O) groups excluding carboxylic acids is 2.